The Labute approximate surface area is 191 Å². The van der Waals surface area contributed by atoms with Gasteiger partial charge in [-0.3, -0.25) is 0 Å². The van der Waals surface area contributed by atoms with E-state index in [0.29, 0.717) is 0 Å². The van der Waals surface area contributed by atoms with Crippen molar-refractivity contribution in [2.45, 2.75) is 72.6 Å². The maximum atomic E-state index is 5.06. The van der Waals surface area contributed by atoms with E-state index in [1.165, 1.54) is 11.1 Å². The van der Waals surface area contributed by atoms with E-state index in [2.05, 4.69) is 123 Å². The van der Waals surface area contributed by atoms with Gasteiger partial charge in [0.15, 0.2) is 16.5 Å². The SMILES string of the molecule is CC(CC(C)=NN(Cc1ccccc1)[Si](C)(C)C)=NN(Cc1ccccc1)[Si](C)(C)C. The van der Waals surface area contributed by atoms with Crippen LogP contribution in [0.5, 0.6) is 0 Å². The van der Waals surface area contributed by atoms with Gasteiger partial charge in [-0.05, 0) is 25.0 Å². The van der Waals surface area contributed by atoms with Crippen LogP contribution < -0.4 is 0 Å². The first kappa shape index (κ1) is 25.1. The number of hydrazone groups is 2. The zero-order valence-corrected chi connectivity index (χ0v) is 22.7. The molecule has 0 aliphatic rings. The Kier molecular flexibility index (Phi) is 8.83. The Hall–Kier alpha value is -2.19. The van der Waals surface area contributed by atoms with E-state index < -0.39 is 16.5 Å². The Morgan fingerprint density at radius 3 is 1.23 bits per heavy atom. The highest BCUT2D eigenvalue weighted by molar-refractivity contribution is 6.73. The van der Waals surface area contributed by atoms with Crippen LogP contribution in [0, 0.1) is 0 Å². The maximum Gasteiger partial charge on any atom is 0.169 e. The topological polar surface area (TPSA) is 31.2 Å². The molecule has 0 amide bonds. The lowest BCUT2D eigenvalue weighted by Gasteiger charge is -2.33. The van der Waals surface area contributed by atoms with Crippen LogP contribution in [0.25, 0.3) is 0 Å². The molecule has 0 heterocycles. The summed E-state index contributed by atoms with van der Waals surface area (Å²) in [7, 11) is -3.19. The summed E-state index contributed by atoms with van der Waals surface area (Å²) >= 11 is 0. The lowest BCUT2D eigenvalue weighted by Crippen LogP contribution is -2.43. The van der Waals surface area contributed by atoms with Crippen LogP contribution in [0.1, 0.15) is 31.4 Å². The molecule has 2 aromatic rings. The predicted octanol–water partition coefficient (Wildman–Crippen LogP) is 6.80. The van der Waals surface area contributed by atoms with Gasteiger partial charge in [0.05, 0.1) is 13.1 Å². The van der Waals surface area contributed by atoms with Gasteiger partial charge in [-0.25, -0.2) is 0 Å². The fourth-order valence-corrected chi connectivity index (χ4v) is 5.47. The van der Waals surface area contributed by atoms with Crippen molar-refractivity contribution in [2.75, 3.05) is 0 Å². The van der Waals surface area contributed by atoms with Crippen molar-refractivity contribution in [1.82, 2.24) is 9.35 Å². The summed E-state index contributed by atoms with van der Waals surface area (Å²) in [6.45, 7) is 20.1. The Balaban J connectivity index is 2.16. The van der Waals surface area contributed by atoms with Gasteiger partial charge in [-0.2, -0.15) is 10.2 Å². The van der Waals surface area contributed by atoms with Gasteiger partial charge in [0.1, 0.15) is 0 Å². The zero-order chi connectivity index (χ0) is 23.1. The molecule has 0 N–H and O–H groups in total. The smallest absolute Gasteiger partial charge is 0.169 e. The number of hydrogen-bond acceptors (Lipinski definition) is 4. The number of benzene rings is 2. The Morgan fingerprint density at radius 1 is 0.613 bits per heavy atom. The Morgan fingerprint density at radius 2 is 0.935 bits per heavy atom. The molecule has 0 radical (unpaired) electrons. The Bertz CT molecular complexity index is 792. The van der Waals surface area contributed by atoms with Gasteiger partial charge in [0.2, 0.25) is 0 Å². The normalized spacial score (nSPS) is 13.3. The molecule has 168 valence electrons. The summed E-state index contributed by atoms with van der Waals surface area (Å²) in [6, 6.07) is 21.3. The van der Waals surface area contributed by atoms with Gasteiger partial charge < -0.3 is 9.35 Å². The first-order chi connectivity index (χ1) is 14.4. The number of nitrogens with zero attached hydrogens (tertiary/aromatic N) is 4. The summed E-state index contributed by atoms with van der Waals surface area (Å²) in [5.74, 6) is 0. The quantitative estimate of drug-likeness (QED) is 0.225. The molecule has 0 unspecified atom stereocenters. The molecule has 0 bridgehead atoms. The van der Waals surface area contributed by atoms with Gasteiger partial charge in [0.25, 0.3) is 0 Å². The third-order valence-corrected chi connectivity index (χ3v) is 8.61. The van der Waals surface area contributed by atoms with Crippen molar-refractivity contribution in [3.8, 4) is 0 Å². The summed E-state index contributed by atoms with van der Waals surface area (Å²) < 4.78 is 4.65. The lowest BCUT2D eigenvalue weighted by molar-refractivity contribution is 0.440. The predicted molar refractivity (Wildman–Crippen MR) is 141 cm³/mol. The third kappa shape index (κ3) is 8.83. The van der Waals surface area contributed by atoms with Crippen molar-refractivity contribution >= 4 is 27.9 Å². The van der Waals surface area contributed by atoms with E-state index in [-0.39, 0.29) is 0 Å². The van der Waals surface area contributed by atoms with Crippen LogP contribution in [-0.4, -0.2) is 37.2 Å². The molecule has 0 aromatic heterocycles. The summed E-state index contributed by atoms with van der Waals surface area (Å²) in [6.07, 6.45) is 0.797. The molecular weight excluding hydrogens is 412 g/mol. The first-order valence-electron chi connectivity index (χ1n) is 11.2. The van der Waals surface area contributed by atoms with Crippen LogP contribution in [0.15, 0.2) is 70.9 Å². The van der Waals surface area contributed by atoms with Crippen molar-refractivity contribution in [2.24, 2.45) is 10.2 Å². The molecule has 0 aliphatic heterocycles. The van der Waals surface area contributed by atoms with Gasteiger partial charge in [-0.15, -0.1) is 0 Å². The van der Waals surface area contributed by atoms with E-state index in [4.69, 9.17) is 10.2 Å². The van der Waals surface area contributed by atoms with Gasteiger partial charge in [-0.1, -0.05) is 99.9 Å². The molecule has 31 heavy (non-hydrogen) atoms. The fraction of sp³-hybridized carbons (Fsp3) is 0.440. The molecule has 2 rings (SSSR count). The molecule has 0 fully saturated rings. The molecule has 0 atom stereocenters. The van der Waals surface area contributed by atoms with Crippen LogP contribution in [-0.2, 0) is 13.1 Å². The molecule has 0 saturated carbocycles. The highest BCUT2D eigenvalue weighted by Crippen LogP contribution is 2.18. The van der Waals surface area contributed by atoms with Crippen LogP contribution in [0.3, 0.4) is 0 Å². The minimum Gasteiger partial charge on any atom is -0.320 e. The van der Waals surface area contributed by atoms with E-state index in [0.717, 1.165) is 30.9 Å². The average molecular weight is 453 g/mol. The second kappa shape index (κ2) is 10.9. The first-order valence-corrected chi connectivity index (χ1v) is 18.1. The molecule has 0 aliphatic carbocycles. The summed E-state index contributed by atoms with van der Waals surface area (Å²) in [5.41, 5.74) is 4.85. The minimum atomic E-state index is -1.59. The third-order valence-electron chi connectivity index (χ3n) is 4.99. The fourth-order valence-electron chi connectivity index (χ4n) is 3.21. The highest BCUT2D eigenvalue weighted by atomic mass is 28.3. The van der Waals surface area contributed by atoms with E-state index >= 15 is 0 Å². The average Bonchev–Trinajstić information content (AvgIpc) is 2.67. The molecule has 2 aromatic carbocycles. The van der Waals surface area contributed by atoms with E-state index in [1.54, 1.807) is 0 Å². The van der Waals surface area contributed by atoms with Crippen LogP contribution >= 0.6 is 0 Å². The van der Waals surface area contributed by atoms with Crippen molar-refractivity contribution in [1.29, 1.82) is 0 Å². The number of hydrogen-bond donors (Lipinski definition) is 0. The monoisotopic (exact) mass is 452 g/mol. The molecule has 0 saturated heterocycles. The van der Waals surface area contributed by atoms with Gasteiger partial charge in [0, 0.05) is 17.8 Å². The van der Waals surface area contributed by atoms with E-state index in [1.807, 2.05) is 0 Å². The molecular formula is C25H40N4Si2. The van der Waals surface area contributed by atoms with Gasteiger partial charge >= 0.3 is 0 Å². The van der Waals surface area contributed by atoms with E-state index in [9.17, 15) is 0 Å². The largest absolute Gasteiger partial charge is 0.320 e. The highest BCUT2D eigenvalue weighted by Gasteiger charge is 2.25. The van der Waals surface area contributed by atoms with Crippen molar-refractivity contribution in [3.63, 3.8) is 0 Å². The lowest BCUT2D eigenvalue weighted by atomic mass is 10.2. The van der Waals surface area contributed by atoms with Crippen LogP contribution in [0.4, 0.5) is 0 Å². The second-order valence-corrected chi connectivity index (χ2v) is 20.0. The molecule has 0 spiro atoms. The van der Waals surface area contributed by atoms with Crippen molar-refractivity contribution in [3.05, 3.63) is 71.8 Å². The van der Waals surface area contributed by atoms with Crippen molar-refractivity contribution < 1.29 is 0 Å². The maximum absolute atomic E-state index is 5.06. The zero-order valence-electron chi connectivity index (χ0n) is 20.7. The minimum absolute atomic E-state index is 0.797. The molecule has 6 heteroatoms. The standard InChI is InChI=1S/C25H40N4Si2/c1-22(26-28(30(3,4)5)20-24-15-11-9-12-16-24)19-23(2)27-29(31(6,7)8)21-25-17-13-10-14-18-25/h9-18H,19-21H2,1-8H3. The summed E-state index contributed by atoms with van der Waals surface area (Å²) in [4.78, 5) is 0. The summed E-state index contributed by atoms with van der Waals surface area (Å²) in [5, 5.41) is 10.1. The number of rotatable bonds is 10. The van der Waals surface area contributed by atoms with Crippen LogP contribution in [0.2, 0.25) is 39.3 Å². The second-order valence-electron chi connectivity index (χ2n) is 10.3. The molecule has 4 nitrogen and oxygen atoms in total.